The summed E-state index contributed by atoms with van der Waals surface area (Å²) in [6, 6.07) is 13.7. The van der Waals surface area contributed by atoms with Crippen molar-refractivity contribution in [2.45, 2.75) is 13.3 Å². The molecule has 7 heteroatoms. The van der Waals surface area contributed by atoms with Crippen LogP contribution in [0.4, 0.5) is 21.9 Å². The van der Waals surface area contributed by atoms with Crippen molar-refractivity contribution in [3.63, 3.8) is 0 Å². The van der Waals surface area contributed by atoms with Gasteiger partial charge in [-0.2, -0.15) is 0 Å². The molecule has 0 bridgehead atoms. The Labute approximate surface area is 151 Å². The van der Waals surface area contributed by atoms with E-state index in [4.69, 9.17) is 0 Å². The SMILES string of the molecule is CC(=O)Nc1ccc(C(=O)Nc2ccc(N3CCCNC3=O)cc2)cc1. The first-order valence-electron chi connectivity index (χ1n) is 8.37. The van der Waals surface area contributed by atoms with Crippen LogP contribution in [0.1, 0.15) is 23.7 Å². The second kappa shape index (κ2) is 7.69. The maximum Gasteiger partial charge on any atom is 0.321 e. The Bertz CT molecular complexity index is 816. The highest BCUT2D eigenvalue weighted by molar-refractivity contribution is 6.04. The van der Waals surface area contributed by atoms with Gasteiger partial charge < -0.3 is 16.0 Å². The summed E-state index contributed by atoms with van der Waals surface area (Å²) < 4.78 is 0. The normalized spacial score (nSPS) is 13.7. The summed E-state index contributed by atoms with van der Waals surface area (Å²) >= 11 is 0. The molecular weight excluding hydrogens is 332 g/mol. The van der Waals surface area contributed by atoms with Crippen molar-refractivity contribution >= 4 is 34.9 Å². The number of nitrogens with zero attached hydrogens (tertiary/aromatic N) is 1. The molecule has 0 radical (unpaired) electrons. The molecule has 2 aromatic rings. The number of amides is 4. The standard InChI is InChI=1S/C19H20N4O3/c1-13(24)21-15-5-3-14(4-6-15)18(25)22-16-7-9-17(10-8-16)23-12-2-11-20-19(23)26/h3-10H,2,11-12H2,1H3,(H,20,26)(H,21,24)(H,22,25). The molecule has 0 spiro atoms. The first-order valence-corrected chi connectivity index (χ1v) is 8.37. The van der Waals surface area contributed by atoms with E-state index in [0.717, 1.165) is 12.1 Å². The first kappa shape index (κ1) is 17.5. The number of carbonyl (C=O) groups excluding carboxylic acids is 3. The molecule has 0 aliphatic carbocycles. The minimum Gasteiger partial charge on any atom is -0.338 e. The molecule has 1 fully saturated rings. The Kier molecular flexibility index (Phi) is 5.17. The van der Waals surface area contributed by atoms with E-state index in [1.54, 1.807) is 53.4 Å². The summed E-state index contributed by atoms with van der Waals surface area (Å²) in [7, 11) is 0. The molecule has 134 valence electrons. The Morgan fingerprint density at radius 2 is 1.58 bits per heavy atom. The second-order valence-electron chi connectivity index (χ2n) is 6.00. The van der Waals surface area contributed by atoms with Gasteiger partial charge in [0.1, 0.15) is 0 Å². The lowest BCUT2D eigenvalue weighted by Crippen LogP contribution is -2.46. The van der Waals surface area contributed by atoms with E-state index in [1.807, 2.05) is 0 Å². The van der Waals surface area contributed by atoms with Gasteiger partial charge in [0.2, 0.25) is 5.91 Å². The Morgan fingerprint density at radius 3 is 2.19 bits per heavy atom. The Hall–Kier alpha value is -3.35. The van der Waals surface area contributed by atoms with Crippen LogP contribution in [0.25, 0.3) is 0 Å². The minimum atomic E-state index is -0.247. The fourth-order valence-electron chi connectivity index (χ4n) is 2.71. The second-order valence-corrected chi connectivity index (χ2v) is 6.00. The van der Waals surface area contributed by atoms with Crippen molar-refractivity contribution in [2.24, 2.45) is 0 Å². The zero-order chi connectivity index (χ0) is 18.5. The number of anilines is 3. The summed E-state index contributed by atoms with van der Waals surface area (Å²) in [6.45, 7) is 2.81. The third-order valence-corrected chi connectivity index (χ3v) is 3.98. The van der Waals surface area contributed by atoms with Crippen LogP contribution in [0, 0.1) is 0 Å². The Morgan fingerprint density at radius 1 is 0.962 bits per heavy atom. The summed E-state index contributed by atoms with van der Waals surface area (Å²) in [5.41, 5.74) is 2.55. The van der Waals surface area contributed by atoms with Crippen molar-refractivity contribution in [1.29, 1.82) is 0 Å². The van der Waals surface area contributed by atoms with Crippen molar-refractivity contribution < 1.29 is 14.4 Å². The molecule has 0 aromatic heterocycles. The predicted molar refractivity (Wildman–Crippen MR) is 101 cm³/mol. The van der Waals surface area contributed by atoms with Crippen LogP contribution < -0.4 is 20.9 Å². The lowest BCUT2D eigenvalue weighted by atomic mass is 10.2. The van der Waals surface area contributed by atoms with Gasteiger partial charge in [-0.05, 0) is 55.0 Å². The van der Waals surface area contributed by atoms with Crippen LogP contribution in [-0.4, -0.2) is 30.9 Å². The quantitative estimate of drug-likeness (QED) is 0.790. The van der Waals surface area contributed by atoms with E-state index < -0.39 is 0 Å². The van der Waals surface area contributed by atoms with Crippen LogP contribution in [0.3, 0.4) is 0 Å². The largest absolute Gasteiger partial charge is 0.338 e. The minimum absolute atomic E-state index is 0.104. The monoisotopic (exact) mass is 352 g/mol. The number of hydrogen-bond donors (Lipinski definition) is 3. The van der Waals surface area contributed by atoms with Gasteiger partial charge in [0.15, 0.2) is 0 Å². The van der Waals surface area contributed by atoms with Crippen molar-refractivity contribution in [2.75, 3.05) is 28.6 Å². The molecule has 1 heterocycles. The van der Waals surface area contributed by atoms with E-state index in [-0.39, 0.29) is 17.8 Å². The molecule has 4 amide bonds. The Balaban J connectivity index is 1.64. The molecule has 2 aromatic carbocycles. The number of carbonyl (C=O) groups is 3. The predicted octanol–water partition coefficient (Wildman–Crippen LogP) is 2.82. The van der Waals surface area contributed by atoms with E-state index in [2.05, 4.69) is 16.0 Å². The zero-order valence-electron chi connectivity index (χ0n) is 14.4. The van der Waals surface area contributed by atoms with Crippen molar-refractivity contribution in [3.05, 3.63) is 54.1 Å². The molecule has 1 aliphatic heterocycles. The number of rotatable bonds is 4. The van der Waals surface area contributed by atoms with Gasteiger partial charge in [0, 0.05) is 42.6 Å². The summed E-state index contributed by atoms with van der Waals surface area (Å²) in [6.07, 6.45) is 0.901. The first-order chi connectivity index (χ1) is 12.5. The highest BCUT2D eigenvalue weighted by Gasteiger charge is 2.18. The number of nitrogens with one attached hydrogen (secondary N) is 3. The van der Waals surface area contributed by atoms with Gasteiger partial charge in [0.05, 0.1) is 0 Å². The molecule has 3 rings (SSSR count). The van der Waals surface area contributed by atoms with Crippen molar-refractivity contribution in [3.8, 4) is 0 Å². The van der Waals surface area contributed by atoms with Crippen LogP contribution in [-0.2, 0) is 4.79 Å². The van der Waals surface area contributed by atoms with Crippen LogP contribution in [0.15, 0.2) is 48.5 Å². The average molecular weight is 352 g/mol. The lowest BCUT2D eigenvalue weighted by molar-refractivity contribution is -0.114. The molecule has 7 nitrogen and oxygen atoms in total. The summed E-state index contributed by atoms with van der Waals surface area (Å²) in [5, 5.41) is 8.27. The molecular formula is C19H20N4O3. The lowest BCUT2D eigenvalue weighted by Gasteiger charge is -2.27. The summed E-state index contributed by atoms with van der Waals surface area (Å²) in [5.74, 6) is -0.410. The topological polar surface area (TPSA) is 90.5 Å². The van der Waals surface area contributed by atoms with Gasteiger partial charge in [-0.1, -0.05) is 0 Å². The maximum atomic E-state index is 12.3. The van der Waals surface area contributed by atoms with Gasteiger partial charge >= 0.3 is 6.03 Å². The van der Waals surface area contributed by atoms with E-state index in [9.17, 15) is 14.4 Å². The third kappa shape index (κ3) is 4.18. The van der Waals surface area contributed by atoms with E-state index >= 15 is 0 Å². The number of benzene rings is 2. The molecule has 1 aliphatic rings. The zero-order valence-corrected chi connectivity index (χ0v) is 14.4. The average Bonchev–Trinajstić information content (AvgIpc) is 2.63. The fourth-order valence-corrected chi connectivity index (χ4v) is 2.71. The molecule has 3 N–H and O–H groups in total. The van der Waals surface area contributed by atoms with Crippen LogP contribution in [0.2, 0.25) is 0 Å². The van der Waals surface area contributed by atoms with Crippen molar-refractivity contribution in [1.82, 2.24) is 5.32 Å². The fraction of sp³-hybridized carbons (Fsp3) is 0.211. The highest BCUT2D eigenvalue weighted by atomic mass is 16.2. The molecule has 26 heavy (non-hydrogen) atoms. The van der Waals surface area contributed by atoms with Gasteiger partial charge in [-0.3, -0.25) is 14.5 Å². The van der Waals surface area contributed by atoms with E-state index in [0.29, 0.717) is 30.0 Å². The number of urea groups is 1. The van der Waals surface area contributed by atoms with E-state index in [1.165, 1.54) is 6.92 Å². The summed E-state index contributed by atoms with van der Waals surface area (Å²) in [4.78, 5) is 36.9. The third-order valence-electron chi connectivity index (χ3n) is 3.98. The van der Waals surface area contributed by atoms with Gasteiger partial charge in [-0.15, -0.1) is 0 Å². The van der Waals surface area contributed by atoms with Gasteiger partial charge in [0.25, 0.3) is 5.91 Å². The van der Waals surface area contributed by atoms with Crippen LogP contribution >= 0.6 is 0 Å². The van der Waals surface area contributed by atoms with Gasteiger partial charge in [-0.25, -0.2) is 4.79 Å². The molecule has 0 saturated carbocycles. The molecule has 0 unspecified atom stereocenters. The molecule has 1 saturated heterocycles. The highest BCUT2D eigenvalue weighted by Crippen LogP contribution is 2.20. The molecule has 0 atom stereocenters. The maximum absolute atomic E-state index is 12.3. The number of hydrogen-bond acceptors (Lipinski definition) is 3. The smallest absolute Gasteiger partial charge is 0.321 e. The van der Waals surface area contributed by atoms with Crippen LogP contribution in [0.5, 0.6) is 0 Å².